The quantitative estimate of drug-likeness (QED) is 0.106. The van der Waals surface area contributed by atoms with Crippen LogP contribution in [-0.4, -0.2) is 58.8 Å². The molecule has 0 aliphatic heterocycles. The summed E-state index contributed by atoms with van der Waals surface area (Å²) >= 11 is 0. The molecule has 44 heavy (non-hydrogen) atoms. The molecule has 3 aromatic carbocycles. The van der Waals surface area contributed by atoms with Gasteiger partial charge < -0.3 is 25.4 Å². The highest BCUT2D eigenvalue weighted by Gasteiger charge is 2.23. The molecule has 2 N–H and O–H groups in total. The van der Waals surface area contributed by atoms with E-state index in [0.29, 0.717) is 53.1 Å². The van der Waals surface area contributed by atoms with Gasteiger partial charge in [-0.25, -0.2) is 14.5 Å². The van der Waals surface area contributed by atoms with Gasteiger partial charge in [0.2, 0.25) is 5.10 Å². The number of carbonyl (C=O) groups excluding carboxylic acids is 2. The van der Waals surface area contributed by atoms with Gasteiger partial charge in [0.25, 0.3) is 11.4 Å². The van der Waals surface area contributed by atoms with E-state index in [2.05, 4.69) is 15.7 Å². The highest BCUT2D eigenvalue weighted by Crippen LogP contribution is 2.22. The van der Waals surface area contributed by atoms with Crippen LogP contribution < -0.4 is 20.2 Å². The van der Waals surface area contributed by atoms with Crippen molar-refractivity contribution >= 4 is 50.8 Å². The average molecular weight is 598 g/mol. The Morgan fingerprint density at radius 3 is 2.34 bits per heavy atom. The van der Waals surface area contributed by atoms with Crippen molar-refractivity contribution in [1.29, 1.82) is 0 Å². The van der Waals surface area contributed by atoms with E-state index in [1.807, 2.05) is 42.5 Å². The average Bonchev–Trinajstić information content (AvgIpc) is 3.00. The van der Waals surface area contributed by atoms with Crippen LogP contribution in [0, 0.1) is 10.4 Å². The first kappa shape index (κ1) is 30.2. The number of nitrogens with zero attached hydrogens (tertiary/aromatic N) is 5. The second-order valence-electron chi connectivity index (χ2n) is 11.4. The molecule has 2 heterocycles. The maximum Gasteiger partial charge on any atom is 0.460 e. The second kappa shape index (κ2) is 12.9. The van der Waals surface area contributed by atoms with E-state index >= 15 is 0 Å². The van der Waals surface area contributed by atoms with Gasteiger partial charge in [0, 0.05) is 41.3 Å². The minimum Gasteiger partial charge on any atom is -0.739 e. The Balaban J connectivity index is 1.18. The fourth-order valence-electron chi connectivity index (χ4n) is 4.84. The van der Waals surface area contributed by atoms with Crippen molar-refractivity contribution in [3.05, 3.63) is 88.8 Å². The lowest BCUT2D eigenvalue weighted by Crippen LogP contribution is -2.44. The summed E-state index contributed by atoms with van der Waals surface area (Å²) in [5, 5.41) is 36.4. The van der Waals surface area contributed by atoms with Crippen molar-refractivity contribution in [3.63, 3.8) is 0 Å². The highest BCUT2D eigenvalue weighted by atomic mass is 16.6. The molecule has 0 saturated carbocycles. The zero-order valence-corrected chi connectivity index (χ0v) is 24.9. The highest BCUT2D eigenvalue weighted by molar-refractivity contribution is 6.07. The lowest BCUT2D eigenvalue weighted by atomic mass is 10.1. The number of aromatic nitrogens is 4. The summed E-state index contributed by atoms with van der Waals surface area (Å²) in [6.07, 6.45) is 0.464. The molecule has 0 saturated heterocycles. The molecule has 0 bridgehead atoms. The zero-order valence-electron chi connectivity index (χ0n) is 24.9. The first-order valence-corrected chi connectivity index (χ1v) is 14.5. The van der Waals surface area contributed by atoms with E-state index in [9.17, 15) is 20.0 Å². The molecular weight excluding hydrogens is 562 g/mol. The minimum absolute atomic E-state index is 0.124. The molecule has 12 nitrogen and oxygen atoms in total. The smallest absolute Gasteiger partial charge is 0.460 e. The lowest BCUT2D eigenvalue weighted by molar-refractivity contribution is -0.672. The van der Waals surface area contributed by atoms with Gasteiger partial charge >= 0.3 is 12.0 Å². The van der Waals surface area contributed by atoms with Crippen LogP contribution in [0.4, 0.5) is 10.7 Å². The van der Waals surface area contributed by atoms with Crippen LogP contribution in [0.5, 0.6) is 0 Å². The van der Waals surface area contributed by atoms with E-state index in [1.165, 1.54) is 6.07 Å². The number of amides is 2. The molecule has 0 spiro atoms. The second-order valence-corrected chi connectivity index (χ2v) is 11.4. The van der Waals surface area contributed by atoms with Crippen LogP contribution in [0.2, 0.25) is 0 Å². The summed E-state index contributed by atoms with van der Waals surface area (Å²) in [5.41, 5.74) is 1.62. The van der Waals surface area contributed by atoms with E-state index < -0.39 is 11.7 Å². The van der Waals surface area contributed by atoms with Crippen molar-refractivity contribution in [2.24, 2.45) is 0 Å². The Hall–Kier alpha value is -5.26. The molecule has 12 heteroatoms. The number of ether oxygens (including phenoxy) is 1. The third kappa shape index (κ3) is 7.02. The molecule has 5 aromatic rings. The molecule has 0 aliphatic rings. The number of para-hydroxylation sites is 4. The number of hydrogen-bond acceptors (Lipinski definition) is 8. The summed E-state index contributed by atoms with van der Waals surface area (Å²) in [5.74, 6) is -0.364. The molecule has 0 atom stereocenters. The van der Waals surface area contributed by atoms with Crippen molar-refractivity contribution < 1.29 is 23.9 Å². The van der Waals surface area contributed by atoms with Gasteiger partial charge in [-0.15, -0.1) is 0 Å². The summed E-state index contributed by atoms with van der Waals surface area (Å²) in [6, 6.07) is 21.7. The van der Waals surface area contributed by atoms with Crippen LogP contribution >= 0.6 is 0 Å². The van der Waals surface area contributed by atoms with Gasteiger partial charge in [0.15, 0.2) is 5.52 Å². The predicted octanol–water partition coefficient (Wildman–Crippen LogP) is 4.06. The van der Waals surface area contributed by atoms with Crippen LogP contribution in [0.15, 0.2) is 72.8 Å². The number of anilines is 1. The Morgan fingerprint density at radius 1 is 0.886 bits per heavy atom. The molecule has 228 valence electrons. The van der Waals surface area contributed by atoms with Crippen LogP contribution in [0.25, 0.3) is 32.8 Å². The normalized spacial score (nSPS) is 11.5. The van der Waals surface area contributed by atoms with Crippen molar-refractivity contribution in [2.75, 3.05) is 31.5 Å². The molecule has 0 radical (unpaired) electrons. The minimum atomic E-state index is -0.682. The summed E-state index contributed by atoms with van der Waals surface area (Å²) in [4.78, 5) is 32.8. The maximum atomic E-state index is 13.1. The van der Waals surface area contributed by atoms with E-state index in [4.69, 9.17) is 9.72 Å². The fourth-order valence-corrected chi connectivity index (χ4v) is 4.84. The van der Waals surface area contributed by atoms with Crippen molar-refractivity contribution in [1.82, 2.24) is 20.3 Å². The van der Waals surface area contributed by atoms with Crippen molar-refractivity contribution in [2.45, 2.75) is 39.2 Å². The zero-order chi connectivity index (χ0) is 31.3. The molecule has 0 fully saturated rings. The fraction of sp³-hybridized carbons (Fsp3) is 0.312. The Morgan fingerprint density at radius 2 is 1.57 bits per heavy atom. The summed E-state index contributed by atoms with van der Waals surface area (Å²) < 4.78 is 6.16. The van der Waals surface area contributed by atoms with E-state index in [-0.39, 0.29) is 29.4 Å². The number of rotatable bonds is 10. The van der Waals surface area contributed by atoms with Crippen LogP contribution in [-0.2, 0) is 4.74 Å². The van der Waals surface area contributed by atoms with E-state index in [0.717, 1.165) is 16.3 Å². The largest absolute Gasteiger partial charge is 0.739 e. The van der Waals surface area contributed by atoms with Gasteiger partial charge in [-0.05, 0) is 57.9 Å². The number of pyridine rings is 1. The van der Waals surface area contributed by atoms with Gasteiger partial charge in [-0.1, -0.05) is 42.5 Å². The SMILES string of the molecule is CC(C)(C)OC(=O)N(CCCNC(=O)c1cccc2cc3ccccc3nc12)CCCNc1n[n+]([O-])c2ccccc2[n+]1[O-]. The van der Waals surface area contributed by atoms with Gasteiger partial charge in [-0.3, -0.25) is 10.1 Å². The number of carbonyl (C=O) groups is 2. The monoisotopic (exact) mass is 597 g/mol. The Kier molecular flexibility index (Phi) is 8.88. The maximum absolute atomic E-state index is 13.1. The van der Waals surface area contributed by atoms with Crippen LogP contribution in [0.3, 0.4) is 0 Å². The number of hydrogen-bond donors (Lipinski definition) is 2. The molecule has 0 aliphatic carbocycles. The lowest BCUT2D eigenvalue weighted by Gasteiger charge is -2.27. The molecule has 2 amide bonds. The third-order valence-electron chi connectivity index (χ3n) is 6.91. The topological polar surface area (TPSA) is 150 Å². The number of fused-ring (bicyclic) bond motifs is 3. The standard InChI is InChI=1S/C32H35N7O5/c1-32(2,3)44-31(41)37(20-10-18-34-30-36-39(43)27-16-7-6-15-26(27)38(30)42)19-9-17-33-29(40)24-13-8-12-23-21-22-11-4-5-14-25(22)35-28(23)24/h4-8,11-16,21H,9-10,17-20H2,1-3H3,(H,33,40)(H,34,36). The van der Waals surface area contributed by atoms with Crippen LogP contribution in [0.1, 0.15) is 44.0 Å². The molecular formula is C32H35N7O5. The number of benzene rings is 3. The van der Waals surface area contributed by atoms with Gasteiger partial charge in [-0.2, -0.15) is 0 Å². The summed E-state index contributed by atoms with van der Waals surface area (Å²) in [6.45, 7) is 6.66. The third-order valence-corrected chi connectivity index (χ3v) is 6.91. The first-order chi connectivity index (χ1) is 21.1. The van der Waals surface area contributed by atoms with Gasteiger partial charge in [0.05, 0.1) is 23.1 Å². The van der Waals surface area contributed by atoms with Crippen molar-refractivity contribution in [3.8, 4) is 0 Å². The number of nitrogens with one attached hydrogen (secondary N) is 2. The van der Waals surface area contributed by atoms with Gasteiger partial charge in [0.1, 0.15) is 5.60 Å². The Bertz CT molecular complexity index is 1820. The Labute approximate surface area is 254 Å². The summed E-state index contributed by atoms with van der Waals surface area (Å²) in [7, 11) is 0. The molecule has 2 aromatic heterocycles. The molecule has 5 rings (SSSR count). The van der Waals surface area contributed by atoms with E-state index in [1.54, 1.807) is 49.9 Å². The molecule has 0 unspecified atom stereocenters. The first-order valence-electron chi connectivity index (χ1n) is 14.5. The predicted molar refractivity (Wildman–Crippen MR) is 167 cm³/mol.